The van der Waals surface area contributed by atoms with Gasteiger partial charge < -0.3 is 10.0 Å². The zero-order valence-corrected chi connectivity index (χ0v) is 10.9. The highest BCUT2D eigenvalue weighted by molar-refractivity contribution is 5.77. The van der Waals surface area contributed by atoms with Crippen LogP contribution in [0.4, 0.5) is 0 Å². The van der Waals surface area contributed by atoms with E-state index in [-0.39, 0.29) is 18.9 Å². The summed E-state index contributed by atoms with van der Waals surface area (Å²) >= 11 is 0. The number of amides is 1. The molecule has 0 saturated carbocycles. The number of rotatable bonds is 8. The minimum Gasteiger partial charge on any atom is -0.481 e. The molecule has 19 heavy (non-hydrogen) atoms. The molecular weight excluding hydrogens is 242 g/mol. The van der Waals surface area contributed by atoms with Crippen molar-refractivity contribution in [2.24, 2.45) is 0 Å². The molecule has 0 aliphatic rings. The summed E-state index contributed by atoms with van der Waals surface area (Å²) in [7, 11) is 0. The van der Waals surface area contributed by atoms with Gasteiger partial charge in [-0.05, 0) is 12.0 Å². The number of hydrogen-bond donors (Lipinski definition) is 1. The molecule has 0 aliphatic carbocycles. The first kappa shape index (κ1) is 15.0. The number of carbonyl (C=O) groups excluding carboxylic acids is 1. The van der Waals surface area contributed by atoms with E-state index in [0.717, 1.165) is 5.56 Å². The van der Waals surface area contributed by atoms with Crippen LogP contribution in [0.25, 0.3) is 0 Å². The second-order valence-electron chi connectivity index (χ2n) is 4.26. The van der Waals surface area contributed by atoms with Gasteiger partial charge in [0.2, 0.25) is 5.91 Å². The molecule has 0 heterocycles. The van der Waals surface area contributed by atoms with Crippen LogP contribution in [0.3, 0.4) is 0 Å². The molecule has 0 spiro atoms. The summed E-state index contributed by atoms with van der Waals surface area (Å²) in [5.41, 5.74) is 1.10. The van der Waals surface area contributed by atoms with Gasteiger partial charge in [0.15, 0.2) is 0 Å². The third-order valence-electron chi connectivity index (χ3n) is 2.77. The Morgan fingerprint density at radius 2 is 1.89 bits per heavy atom. The third-order valence-corrected chi connectivity index (χ3v) is 2.77. The van der Waals surface area contributed by atoms with Gasteiger partial charge in [0, 0.05) is 19.5 Å². The van der Waals surface area contributed by atoms with Crippen LogP contribution < -0.4 is 0 Å². The van der Waals surface area contributed by atoms with E-state index in [1.807, 2.05) is 30.3 Å². The molecule has 0 bridgehead atoms. The maximum atomic E-state index is 12.0. The largest absolute Gasteiger partial charge is 0.481 e. The molecule has 1 N–H and O–H groups in total. The van der Waals surface area contributed by atoms with Gasteiger partial charge in [-0.1, -0.05) is 36.4 Å². The Morgan fingerprint density at radius 3 is 2.47 bits per heavy atom. The zero-order valence-electron chi connectivity index (χ0n) is 10.9. The van der Waals surface area contributed by atoms with Crippen molar-refractivity contribution in [1.82, 2.24) is 4.90 Å². The van der Waals surface area contributed by atoms with E-state index >= 15 is 0 Å². The molecule has 0 fully saturated rings. The van der Waals surface area contributed by atoms with E-state index in [4.69, 9.17) is 5.11 Å². The summed E-state index contributed by atoms with van der Waals surface area (Å²) in [4.78, 5) is 24.1. The first-order valence-electron chi connectivity index (χ1n) is 6.28. The van der Waals surface area contributed by atoms with Gasteiger partial charge in [0.1, 0.15) is 0 Å². The van der Waals surface area contributed by atoms with E-state index in [1.54, 1.807) is 6.08 Å². The second-order valence-corrected chi connectivity index (χ2v) is 4.26. The Bertz CT molecular complexity index is 428. The molecule has 0 aliphatic heterocycles. The van der Waals surface area contributed by atoms with E-state index in [1.165, 1.54) is 4.90 Å². The number of hydrogen-bond acceptors (Lipinski definition) is 2. The van der Waals surface area contributed by atoms with Crippen molar-refractivity contribution < 1.29 is 14.7 Å². The molecule has 4 nitrogen and oxygen atoms in total. The fourth-order valence-electron chi connectivity index (χ4n) is 1.76. The summed E-state index contributed by atoms with van der Waals surface area (Å²) in [5, 5.41) is 8.66. The predicted octanol–water partition coefficient (Wildman–Crippen LogP) is 2.11. The first-order chi connectivity index (χ1) is 9.13. The van der Waals surface area contributed by atoms with Gasteiger partial charge in [-0.3, -0.25) is 9.59 Å². The van der Waals surface area contributed by atoms with Crippen molar-refractivity contribution in [2.75, 3.05) is 13.1 Å². The zero-order chi connectivity index (χ0) is 14.1. The van der Waals surface area contributed by atoms with E-state index < -0.39 is 5.97 Å². The molecule has 0 saturated heterocycles. The first-order valence-corrected chi connectivity index (χ1v) is 6.28. The fourth-order valence-corrected chi connectivity index (χ4v) is 1.76. The van der Waals surface area contributed by atoms with Gasteiger partial charge >= 0.3 is 5.97 Å². The van der Waals surface area contributed by atoms with Gasteiger partial charge in [-0.2, -0.15) is 0 Å². The number of carbonyl (C=O) groups is 2. The average molecular weight is 261 g/mol. The Morgan fingerprint density at radius 1 is 1.21 bits per heavy atom. The predicted molar refractivity (Wildman–Crippen MR) is 73.8 cm³/mol. The van der Waals surface area contributed by atoms with Crippen LogP contribution in [0.5, 0.6) is 0 Å². The molecular formula is C15H19NO3. The van der Waals surface area contributed by atoms with Crippen LogP contribution in [-0.2, 0) is 16.0 Å². The van der Waals surface area contributed by atoms with E-state index in [9.17, 15) is 9.59 Å². The van der Waals surface area contributed by atoms with Crippen LogP contribution in [0.1, 0.15) is 18.4 Å². The van der Waals surface area contributed by atoms with Crippen molar-refractivity contribution in [3.8, 4) is 0 Å². The molecule has 0 radical (unpaired) electrons. The number of carboxylic acid groups (broad SMARTS) is 1. The standard InChI is InChI=1S/C15H19NO3/c1-2-11-16(12-10-15(18)19)14(17)9-8-13-6-4-3-5-7-13/h2-7H,1,8-12H2,(H,18,19). The Kier molecular flexibility index (Phi) is 6.36. The lowest BCUT2D eigenvalue weighted by Gasteiger charge is -2.20. The van der Waals surface area contributed by atoms with Crippen LogP contribution in [0.2, 0.25) is 0 Å². The fraction of sp³-hybridized carbons (Fsp3) is 0.333. The molecule has 102 valence electrons. The number of nitrogens with zero attached hydrogens (tertiary/aromatic N) is 1. The van der Waals surface area contributed by atoms with E-state index in [2.05, 4.69) is 6.58 Å². The Hall–Kier alpha value is -2.10. The molecule has 0 aromatic heterocycles. The maximum absolute atomic E-state index is 12.0. The molecule has 1 amide bonds. The summed E-state index contributed by atoms with van der Waals surface area (Å²) in [5.74, 6) is -0.935. The Balaban J connectivity index is 2.47. The van der Waals surface area contributed by atoms with Crippen LogP contribution in [0.15, 0.2) is 43.0 Å². The molecule has 0 atom stereocenters. The number of aliphatic carboxylic acids is 1. The number of benzene rings is 1. The van der Waals surface area contributed by atoms with Gasteiger partial charge in [-0.25, -0.2) is 0 Å². The SMILES string of the molecule is C=CCN(CCC(=O)O)C(=O)CCc1ccccc1. The van der Waals surface area contributed by atoms with Crippen molar-refractivity contribution in [3.63, 3.8) is 0 Å². The highest BCUT2D eigenvalue weighted by Gasteiger charge is 2.13. The highest BCUT2D eigenvalue weighted by Crippen LogP contribution is 2.05. The lowest BCUT2D eigenvalue weighted by molar-refractivity contribution is -0.138. The Labute approximate surface area is 113 Å². The topological polar surface area (TPSA) is 57.6 Å². The lowest BCUT2D eigenvalue weighted by atomic mass is 10.1. The molecule has 4 heteroatoms. The van der Waals surface area contributed by atoms with Crippen LogP contribution >= 0.6 is 0 Å². The monoisotopic (exact) mass is 261 g/mol. The minimum absolute atomic E-state index is 0.0368. The number of aryl methyl sites for hydroxylation is 1. The average Bonchev–Trinajstić information content (AvgIpc) is 2.41. The van der Waals surface area contributed by atoms with Crippen molar-refractivity contribution in [1.29, 1.82) is 0 Å². The summed E-state index contributed by atoms with van der Waals surface area (Å²) in [6, 6.07) is 9.75. The minimum atomic E-state index is -0.898. The van der Waals surface area contributed by atoms with Crippen LogP contribution in [0, 0.1) is 0 Å². The second kappa shape index (κ2) is 8.08. The normalized spacial score (nSPS) is 9.89. The molecule has 1 rings (SSSR count). The summed E-state index contributed by atoms with van der Waals surface area (Å²) in [6.07, 6.45) is 2.63. The van der Waals surface area contributed by atoms with Gasteiger partial charge in [-0.15, -0.1) is 6.58 Å². The van der Waals surface area contributed by atoms with Crippen molar-refractivity contribution >= 4 is 11.9 Å². The quantitative estimate of drug-likeness (QED) is 0.729. The molecule has 0 unspecified atom stereocenters. The van der Waals surface area contributed by atoms with Gasteiger partial charge in [0.25, 0.3) is 0 Å². The molecule has 1 aromatic carbocycles. The summed E-state index contributed by atoms with van der Waals surface area (Å²) < 4.78 is 0. The van der Waals surface area contributed by atoms with E-state index in [0.29, 0.717) is 19.4 Å². The van der Waals surface area contributed by atoms with Crippen molar-refractivity contribution in [2.45, 2.75) is 19.3 Å². The van der Waals surface area contributed by atoms with Gasteiger partial charge in [0.05, 0.1) is 6.42 Å². The summed E-state index contributed by atoms with van der Waals surface area (Å²) in [6.45, 7) is 4.21. The number of carboxylic acids is 1. The van der Waals surface area contributed by atoms with Crippen LogP contribution in [-0.4, -0.2) is 35.0 Å². The smallest absolute Gasteiger partial charge is 0.305 e. The highest BCUT2D eigenvalue weighted by atomic mass is 16.4. The lowest BCUT2D eigenvalue weighted by Crippen LogP contribution is -2.33. The maximum Gasteiger partial charge on any atom is 0.305 e. The van der Waals surface area contributed by atoms with Crippen molar-refractivity contribution in [3.05, 3.63) is 48.6 Å². The third kappa shape index (κ3) is 5.86. The molecule has 1 aromatic rings.